The number of carbonyl (C=O) groups is 1. The molecule has 3 aromatic rings. The standard InChI is InChI=1S/C19H15F3N2O3/c1-12-3-2-4-15-17(12)23-11-24(18(15)26)9-16(25)27-10-13-5-7-14(8-6-13)19(20,21)22/h2-8,11H,9-10H2,1H3. The first kappa shape index (κ1) is 18.6. The summed E-state index contributed by atoms with van der Waals surface area (Å²) >= 11 is 0. The fraction of sp³-hybridized carbons (Fsp3) is 0.211. The summed E-state index contributed by atoms with van der Waals surface area (Å²) in [7, 11) is 0. The van der Waals surface area contributed by atoms with Crippen LogP contribution in [0.5, 0.6) is 0 Å². The molecule has 0 atom stereocenters. The number of esters is 1. The molecule has 3 rings (SSSR count). The van der Waals surface area contributed by atoms with Crippen LogP contribution >= 0.6 is 0 Å². The smallest absolute Gasteiger partial charge is 0.416 e. The van der Waals surface area contributed by atoms with E-state index < -0.39 is 17.7 Å². The number of halogens is 3. The number of hydrogen-bond donors (Lipinski definition) is 0. The molecule has 27 heavy (non-hydrogen) atoms. The number of hydrogen-bond acceptors (Lipinski definition) is 4. The molecule has 0 radical (unpaired) electrons. The van der Waals surface area contributed by atoms with Gasteiger partial charge in [0.2, 0.25) is 0 Å². The van der Waals surface area contributed by atoms with E-state index in [4.69, 9.17) is 4.74 Å². The highest BCUT2D eigenvalue weighted by molar-refractivity contribution is 5.80. The van der Waals surface area contributed by atoms with E-state index in [1.807, 2.05) is 13.0 Å². The summed E-state index contributed by atoms with van der Waals surface area (Å²) in [6.45, 7) is 1.31. The van der Waals surface area contributed by atoms with Crippen molar-refractivity contribution in [3.8, 4) is 0 Å². The van der Waals surface area contributed by atoms with Crippen LogP contribution in [0.15, 0.2) is 53.6 Å². The fourth-order valence-electron chi connectivity index (χ4n) is 2.59. The highest BCUT2D eigenvalue weighted by Gasteiger charge is 2.29. The van der Waals surface area contributed by atoms with Gasteiger partial charge in [0.15, 0.2) is 0 Å². The molecular formula is C19H15F3N2O3. The highest BCUT2D eigenvalue weighted by Crippen LogP contribution is 2.29. The molecule has 1 heterocycles. The molecule has 0 saturated carbocycles. The Hall–Kier alpha value is -3.16. The van der Waals surface area contributed by atoms with Crippen molar-refractivity contribution in [3.05, 3.63) is 75.8 Å². The first-order chi connectivity index (χ1) is 12.8. The number of rotatable bonds is 4. The quantitative estimate of drug-likeness (QED) is 0.655. The number of fused-ring (bicyclic) bond motifs is 1. The third kappa shape index (κ3) is 4.16. The van der Waals surface area contributed by atoms with Gasteiger partial charge in [0, 0.05) is 0 Å². The largest absolute Gasteiger partial charge is 0.459 e. The molecule has 0 aliphatic rings. The first-order valence-corrected chi connectivity index (χ1v) is 8.02. The van der Waals surface area contributed by atoms with Crippen LogP contribution < -0.4 is 5.56 Å². The van der Waals surface area contributed by atoms with E-state index in [0.29, 0.717) is 16.5 Å². The zero-order valence-corrected chi connectivity index (χ0v) is 14.3. The van der Waals surface area contributed by atoms with Crippen molar-refractivity contribution in [1.29, 1.82) is 0 Å². The second-order valence-corrected chi connectivity index (χ2v) is 6.00. The minimum atomic E-state index is -4.42. The lowest BCUT2D eigenvalue weighted by Gasteiger charge is -2.09. The molecule has 8 heteroatoms. The molecule has 2 aromatic carbocycles. The van der Waals surface area contributed by atoms with Gasteiger partial charge in [-0.3, -0.25) is 14.2 Å². The Morgan fingerprint density at radius 1 is 1.15 bits per heavy atom. The van der Waals surface area contributed by atoms with Gasteiger partial charge in [-0.05, 0) is 36.2 Å². The second kappa shape index (κ2) is 7.22. The lowest BCUT2D eigenvalue weighted by molar-refractivity contribution is -0.146. The zero-order valence-electron chi connectivity index (χ0n) is 14.3. The van der Waals surface area contributed by atoms with Crippen molar-refractivity contribution < 1.29 is 22.7 Å². The molecule has 0 aliphatic heterocycles. The van der Waals surface area contributed by atoms with E-state index in [9.17, 15) is 22.8 Å². The van der Waals surface area contributed by atoms with Crippen molar-refractivity contribution in [2.24, 2.45) is 0 Å². The fourth-order valence-corrected chi connectivity index (χ4v) is 2.59. The van der Waals surface area contributed by atoms with Crippen LogP contribution in [0.1, 0.15) is 16.7 Å². The minimum Gasteiger partial charge on any atom is -0.459 e. The number of carbonyl (C=O) groups excluding carboxylic acids is 1. The lowest BCUT2D eigenvalue weighted by Crippen LogP contribution is -2.25. The van der Waals surface area contributed by atoms with Crippen molar-refractivity contribution in [2.75, 3.05) is 0 Å². The first-order valence-electron chi connectivity index (χ1n) is 8.02. The molecule has 5 nitrogen and oxygen atoms in total. The summed E-state index contributed by atoms with van der Waals surface area (Å²) in [6.07, 6.45) is -3.14. The van der Waals surface area contributed by atoms with Gasteiger partial charge in [0.05, 0.1) is 22.8 Å². The van der Waals surface area contributed by atoms with E-state index in [1.54, 1.807) is 12.1 Å². The van der Waals surface area contributed by atoms with Gasteiger partial charge in [-0.25, -0.2) is 4.98 Å². The average Bonchev–Trinajstić information content (AvgIpc) is 2.62. The third-order valence-electron chi connectivity index (χ3n) is 4.04. The Balaban J connectivity index is 1.67. The highest BCUT2D eigenvalue weighted by atomic mass is 19.4. The molecule has 0 amide bonds. The maximum atomic E-state index is 12.5. The number of para-hydroxylation sites is 1. The van der Waals surface area contributed by atoms with E-state index in [1.165, 1.54) is 18.5 Å². The zero-order chi connectivity index (χ0) is 19.6. The number of alkyl halides is 3. The third-order valence-corrected chi connectivity index (χ3v) is 4.04. The van der Waals surface area contributed by atoms with Gasteiger partial charge in [-0.1, -0.05) is 24.3 Å². The minimum absolute atomic E-state index is 0.189. The van der Waals surface area contributed by atoms with Crippen LogP contribution in [0.4, 0.5) is 13.2 Å². The lowest BCUT2D eigenvalue weighted by atomic mass is 10.1. The maximum absolute atomic E-state index is 12.5. The number of aromatic nitrogens is 2. The Labute approximate surface area is 152 Å². The van der Waals surface area contributed by atoms with Gasteiger partial charge >= 0.3 is 12.1 Å². The van der Waals surface area contributed by atoms with Crippen LogP contribution in [-0.2, 0) is 28.9 Å². The summed E-state index contributed by atoms with van der Waals surface area (Å²) < 4.78 is 43.8. The summed E-state index contributed by atoms with van der Waals surface area (Å²) in [6, 6.07) is 9.50. The topological polar surface area (TPSA) is 61.2 Å². The summed E-state index contributed by atoms with van der Waals surface area (Å²) in [5.41, 5.74) is 0.686. The molecule has 0 fully saturated rings. The molecule has 140 valence electrons. The van der Waals surface area contributed by atoms with Crippen molar-refractivity contribution in [1.82, 2.24) is 9.55 Å². The normalized spacial score (nSPS) is 11.6. The number of nitrogens with zero attached hydrogens (tertiary/aromatic N) is 2. The molecular weight excluding hydrogens is 361 g/mol. The molecule has 0 N–H and O–H groups in total. The van der Waals surface area contributed by atoms with Crippen molar-refractivity contribution >= 4 is 16.9 Å². The number of benzene rings is 2. The number of aryl methyl sites for hydroxylation is 1. The molecule has 0 spiro atoms. The van der Waals surface area contributed by atoms with E-state index in [-0.39, 0.29) is 18.7 Å². The van der Waals surface area contributed by atoms with E-state index >= 15 is 0 Å². The Bertz CT molecular complexity index is 1040. The second-order valence-electron chi connectivity index (χ2n) is 6.00. The van der Waals surface area contributed by atoms with Crippen molar-refractivity contribution in [3.63, 3.8) is 0 Å². The Morgan fingerprint density at radius 3 is 2.52 bits per heavy atom. The Kier molecular flexibility index (Phi) is 4.98. The van der Waals surface area contributed by atoms with Gasteiger partial charge in [0.25, 0.3) is 5.56 Å². The van der Waals surface area contributed by atoms with Gasteiger partial charge < -0.3 is 4.74 Å². The van der Waals surface area contributed by atoms with E-state index in [2.05, 4.69) is 4.98 Å². The van der Waals surface area contributed by atoms with Crippen LogP contribution in [-0.4, -0.2) is 15.5 Å². The summed E-state index contributed by atoms with van der Waals surface area (Å²) in [5.74, 6) is -0.689. The molecule has 0 bridgehead atoms. The molecule has 0 unspecified atom stereocenters. The van der Waals surface area contributed by atoms with Crippen LogP contribution in [0.2, 0.25) is 0 Å². The van der Waals surface area contributed by atoms with E-state index in [0.717, 1.165) is 22.3 Å². The average molecular weight is 376 g/mol. The molecule has 0 saturated heterocycles. The van der Waals surface area contributed by atoms with Crippen LogP contribution in [0.3, 0.4) is 0 Å². The monoisotopic (exact) mass is 376 g/mol. The SMILES string of the molecule is Cc1cccc2c(=O)n(CC(=O)OCc3ccc(C(F)(F)F)cc3)cnc12. The van der Waals surface area contributed by atoms with Gasteiger partial charge in [-0.2, -0.15) is 13.2 Å². The molecule has 0 aliphatic carbocycles. The maximum Gasteiger partial charge on any atom is 0.416 e. The van der Waals surface area contributed by atoms with Gasteiger partial charge in [0.1, 0.15) is 13.2 Å². The predicted molar refractivity (Wildman–Crippen MR) is 92.0 cm³/mol. The number of ether oxygens (including phenoxy) is 1. The summed E-state index contributed by atoms with van der Waals surface area (Å²) in [5, 5.41) is 0.396. The summed E-state index contributed by atoms with van der Waals surface area (Å²) in [4.78, 5) is 28.6. The Morgan fingerprint density at radius 2 is 1.85 bits per heavy atom. The predicted octanol–water partition coefficient (Wildman–Crippen LogP) is 3.47. The van der Waals surface area contributed by atoms with Gasteiger partial charge in [-0.15, -0.1) is 0 Å². The van der Waals surface area contributed by atoms with Crippen molar-refractivity contribution in [2.45, 2.75) is 26.3 Å². The van der Waals surface area contributed by atoms with Crippen LogP contribution in [0, 0.1) is 6.92 Å². The molecule has 1 aromatic heterocycles. The van der Waals surface area contributed by atoms with Crippen LogP contribution in [0.25, 0.3) is 10.9 Å².